The second-order valence-corrected chi connectivity index (χ2v) is 7.24. The third-order valence-corrected chi connectivity index (χ3v) is 5.56. The number of imidazole rings is 1. The van der Waals surface area contributed by atoms with Crippen LogP contribution in [0.15, 0.2) is 23.7 Å². The smallest absolute Gasteiger partial charge is 0.193 e. The van der Waals surface area contributed by atoms with E-state index in [9.17, 15) is 5.11 Å². The van der Waals surface area contributed by atoms with E-state index < -0.39 is 0 Å². The van der Waals surface area contributed by atoms with Crippen LogP contribution in [-0.2, 0) is 0 Å². The molecule has 134 valence electrons. The maximum absolute atomic E-state index is 10.0. The molecule has 2 fully saturated rings. The minimum atomic E-state index is -0.170. The highest BCUT2D eigenvalue weighted by Gasteiger charge is 2.30. The highest BCUT2D eigenvalue weighted by atomic mass is 16.3. The van der Waals surface area contributed by atoms with Crippen molar-refractivity contribution in [2.24, 2.45) is 16.8 Å². The number of hydrogen-bond acceptors (Lipinski definition) is 3. The molecular weight excluding hydrogens is 302 g/mol. The first-order chi connectivity index (χ1) is 11.7. The van der Waals surface area contributed by atoms with Crippen LogP contribution in [0.25, 0.3) is 0 Å². The first-order valence-corrected chi connectivity index (χ1v) is 9.37. The number of nitrogens with zero attached hydrogens (tertiary/aromatic N) is 4. The summed E-state index contributed by atoms with van der Waals surface area (Å²) in [6.45, 7) is 8.02. The predicted molar refractivity (Wildman–Crippen MR) is 95.9 cm³/mol. The molecule has 2 N–H and O–H groups in total. The highest BCUT2D eigenvalue weighted by molar-refractivity contribution is 5.80. The topological polar surface area (TPSA) is 65.7 Å². The van der Waals surface area contributed by atoms with Crippen molar-refractivity contribution in [1.29, 1.82) is 0 Å². The van der Waals surface area contributed by atoms with Crippen LogP contribution in [-0.4, -0.2) is 57.8 Å². The van der Waals surface area contributed by atoms with Crippen molar-refractivity contribution in [1.82, 2.24) is 19.8 Å². The van der Waals surface area contributed by atoms with Gasteiger partial charge in [-0.1, -0.05) is 13.3 Å². The maximum atomic E-state index is 10.0. The molecule has 0 bridgehead atoms. The van der Waals surface area contributed by atoms with Crippen molar-refractivity contribution in [2.75, 3.05) is 26.2 Å². The Kier molecular flexibility index (Phi) is 5.76. The summed E-state index contributed by atoms with van der Waals surface area (Å²) in [5, 5.41) is 13.5. The molecule has 3 rings (SSSR count). The SMILES string of the molecule is CCNC(=NCC1CCCC1O)N1CCC(C)C(n2ccnc2)C1. The van der Waals surface area contributed by atoms with Crippen molar-refractivity contribution < 1.29 is 5.11 Å². The Bertz CT molecular complexity index is 530. The second kappa shape index (κ2) is 8.01. The van der Waals surface area contributed by atoms with Gasteiger partial charge in [0.2, 0.25) is 0 Å². The molecule has 1 saturated carbocycles. The monoisotopic (exact) mass is 333 g/mol. The Morgan fingerprint density at radius 3 is 2.92 bits per heavy atom. The van der Waals surface area contributed by atoms with Crippen LogP contribution in [0.3, 0.4) is 0 Å². The minimum Gasteiger partial charge on any atom is -0.393 e. The number of hydrogen-bond donors (Lipinski definition) is 2. The summed E-state index contributed by atoms with van der Waals surface area (Å²) in [5.41, 5.74) is 0. The Morgan fingerprint density at radius 1 is 1.38 bits per heavy atom. The van der Waals surface area contributed by atoms with E-state index in [4.69, 9.17) is 4.99 Å². The van der Waals surface area contributed by atoms with Crippen molar-refractivity contribution >= 4 is 5.96 Å². The van der Waals surface area contributed by atoms with Crippen molar-refractivity contribution in [3.8, 4) is 0 Å². The fourth-order valence-corrected chi connectivity index (χ4v) is 3.95. The number of aromatic nitrogens is 2. The van der Waals surface area contributed by atoms with Gasteiger partial charge in [0.1, 0.15) is 0 Å². The molecule has 1 aromatic rings. The number of aliphatic hydroxyl groups is 1. The van der Waals surface area contributed by atoms with Gasteiger partial charge >= 0.3 is 0 Å². The molecule has 24 heavy (non-hydrogen) atoms. The van der Waals surface area contributed by atoms with Crippen LogP contribution in [0.2, 0.25) is 0 Å². The van der Waals surface area contributed by atoms with E-state index in [1.807, 2.05) is 12.5 Å². The van der Waals surface area contributed by atoms with Crippen molar-refractivity contribution in [3.05, 3.63) is 18.7 Å². The summed E-state index contributed by atoms with van der Waals surface area (Å²) < 4.78 is 2.22. The predicted octanol–water partition coefficient (Wildman–Crippen LogP) is 1.89. The van der Waals surface area contributed by atoms with E-state index in [0.29, 0.717) is 17.9 Å². The number of rotatable bonds is 4. The van der Waals surface area contributed by atoms with E-state index in [-0.39, 0.29) is 6.10 Å². The Hall–Kier alpha value is -1.56. The van der Waals surface area contributed by atoms with Gasteiger partial charge in [-0.25, -0.2) is 4.98 Å². The van der Waals surface area contributed by atoms with Gasteiger partial charge in [-0.3, -0.25) is 4.99 Å². The van der Waals surface area contributed by atoms with Gasteiger partial charge in [0.15, 0.2) is 5.96 Å². The van der Waals surface area contributed by atoms with Gasteiger partial charge in [-0.05, 0) is 32.1 Å². The van der Waals surface area contributed by atoms with Gasteiger partial charge in [-0.15, -0.1) is 0 Å². The molecule has 6 heteroatoms. The number of likely N-dealkylation sites (tertiary alicyclic amines) is 1. The summed E-state index contributed by atoms with van der Waals surface area (Å²) in [6, 6.07) is 0.433. The molecule has 4 unspecified atom stereocenters. The van der Waals surface area contributed by atoms with Crippen LogP contribution < -0.4 is 5.32 Å². The zero-order valence-corrected chi connectivity index (χ0v) is 14.9. The largest absolute Gasteiger partial charge is 0.393 e. The molecule has 0 radical (unpaired) electrons. The van der Waals surface area contributed by atoms with E-state index in [0.717, 1.165) is 57.8 Å². The molecule has 2 heterocycles. The van der Waals surface area contributed by atoms with E-state index >= 15 is 0 Å². The van der Waals surface area contributed by atoms with Gasteiger partial charge in [0.05, 0.1) is 18.5 Å². The molecular formula is C18H31N5O. The van der Waals surface area contributed by atoms with E-state index in [1.165, 1.54) is 0 Å². The molecule has 2 aliphatic rings. The van der Waals surface area contributed by atoms with E-state index in [1.54, 1.807) is 0 Å². The molecule has 1 aromatic heterocycles. The van der Waals surface area contributed by atoms with Crippen LogP contribution >= 0.6 is 0 Å². The normalized spacial score (nSPS) is 31.5. The molecule has 4 atom stereocenters. The second-order valence-electron chi connectivity index (χ2n) is 7.24. The summed E-state index contributed by atoms with van der Waals surface area (Å²) >= 11 is 0. The fraction of sp³-hybridized carbons (Fsp3) is 0.778. The lowest BCUT2D eigenvalue weighted by Gasteiger charge is -2.39. The maximum Gasteiger partial charge on any atom is 0.193 e. The average Bonchev–Trinajstić information content (AvgIpc) is 3.24. The number of piperidine rings is 1. The first kappa shape index (κ1) is 17.3. The molecule has 0 amide bonds. The van der Waals surface area contributed by atoms with Crippen LogP contribution in [0.4, 0.5) is 0 Å². The standard InChI is InChI=1S/C18H31N5O/c1-3-20-18(21-11-15-5-4-6-17(15)24)22-9-7-14(2)16(12-22)23-10-8-19-13-23/h8,10,13-17,24H,3-7,9,11-12H2,1-2H3,(H,20,21). The number of aliphatic imine (C=N–C) groups is 1. The quantitative estimate of drug-likeness (QED) is 0.652. The average molecular weight is 333 g/mol. The van der Waals surface area contributed by atoms with E-state index in [2.05, 4.69) is 39.8 Å². The van der Waals surface area contributed by atoms with Gasteiger partial charge in [0.25, 0.3) is 0 Å². The van der Waals surface area contributed by atoms with Gasteiger partial charge < -0.3 is 19.9 Å². The molecule has 0 spiro atoms. The number of nitrogens with one attached hydrogen (secondary N) is 1. The van der Waals surface area contributed by atoms with Crippen LogP contribution in [0.5, 0.6) is 0 Å². The molecule has 1 aliphatic carbocycles. The third-order valence-electron chi connectivity index (χ3n) is 5.56. The Balaban J connectivity index is 1.68. The van der Waals surface area contributed by atoms with Crippen molar-refractivity contribution in [2.45, 2.75) is 51.7 Å². The van der Waals surface area contributed by atoms with Crippen LogP contribution in [0.1, 0.15) is 45.6 Å². The Morgan fingerprint density at radius 2 is 2.25 bits per heavy atom. The first-order valence-electron chi connectivity index (χ1n) is 9.37. The summed E-state index contributed by atoms with van der Waals surface area (Å²) in [5.74, 6) is 1.95. The molecule has 1 saturated heterocycles. The molecule has 0 aromatic carbocycles. The van der Waals surface area contributed by atoms with Gasteiger partial charge in [0, 0.05) is 44.5 Å². The zero-order chi connectivity index (χ0) is 16.9. The van der Waals surface area contributed by atoms with Crippen molar-refractivity contribution in [3.63, 3.8) is 0 Å². The molecule has 6 nitrogen and oxygen atoms in total. The summed E-state index contributed by atoms with van der Waals surface area (Å²) in [4.78, 5) is 11.4. The lowest BCUT2D eigenvalue weighted by Crippen LogP contribution is -2.49. The number of aliphatic hydroxyl groups excluding tert-OH is 1. The Labute approximate surface area is 145 Å². The minimum absolute atomic E-state index is 0.170. The highest BCUT2D eigenvalue weighted by Crippen LogP contribution is 2.28. The molecule has 1 aliphatic heterocycles. The zero-order valence-electron chi connectivity index (χ0n) is 14.9. The lowest BCUT2D eigenvalue weighted by molar-refractivity contribution is 0.136. The summed E-state index contributed by atoms with van der Waals surface area (Å²) in [7, 11) is 0. The fourth-order valence-electron chi connectivity index (χ4n) is 3.95. The van der Waals surface area contributed by atoms with Crippen LogP contribution in [0, 0.1) is 11.8 Å². The lowest BCUT2D eigenvalue weighted by atomic mass is 9.93. The summed E-state index contributed by atoms with van der Waals surface area (Å²) in [6.07, 6.45) is 9.97. The number of guanidine groups is 1. The third kappa shape index (κ3) is 3.91. The van der Waals surface area contributed by atoms with Gasteiger partial charge in [-0.2, -0.15) is 0 Å².